The molecule has 2 nitrogen and oxygen atoms in total. The third-order valence-electron chi connectivity index (χ3n) is 1.76. The van der Waals surface area contributed by atoms with Crippen molar-refractivity contribution in [2.24, 2.45) is 0 Å². The molecule has 0 bridgehead atoms. The predicted molar refractivity (Wildman–Crippen MR) is 59.6 cm³/mol. The van der Waals surface area contributed by atoms with Crippen molar-refractivity contribution in [3.8, 4) is 0 Å². The van der Waals surface area contributed by atoms with Gasteiger partial charge in [-0.2, -0.15) is 0 Å². The van der Waals surface area contributed by atoms with Crippen molar-refractivity contribution in [3.05, 3.63) is 40.9 Å². The van der Waals surface area contributed by atoms with Crippen LogP contribution in [-0.2, 0) is 4.79 Å². The van der Waals surface area contributed by atoms with Crippen LogP contribution < -0.4 is 5.32 Å². The molecule has 0 saturated carbocycles. The molecule has 74 valence electrons. The van der Waals surface area contributed by atoms with Crippen molar-refractivity contribution in [3.63, 3.8) is 0 Å². The molecule has 0 aliphatic rings. The quantitative estimate of drug-likeness (QED) is 0.745. The van der Waals surface area contributed by atoms with Crippen LogP contribution in [0.3, 0.4) is 0 Å². The summed E-state index contributed by atoms with van der Waals surface area (Å²) in [6.07, 6.45) is 3.18. The van der Waals surface area contributed by atoms with Crippen molar-refractivity contribution in [2.75, 3.05) is 5.32 Å². The first-order chi connectivity index (χ1) is 6.63. The van der Waals surface area contributed by atoms with Gasteiger partial charge in [0.25, 0.3) is 0 Å². The van der Waals surface area contributed by atoms with Crippen molar-refractivity contribution >= 4 is 23.2 Å². The highest BCUT2D eigenvalue weighted by atomic mass is 35.5. The summed E-state index contributed by atoms with van der Waals surface area (Å²) in [6, 6.07) is 5.35. The number of amides is 1. The minimum absolute atomic E-state index is 0.127. The van der Waals surface area contributed by atoms with E-state index >= 15 is 0 Å². The fourth-order valence-corrected chi connectivity index (χ4v) is 1.32. The van der Waals surface area contributed by atoms with E-state index < -0.39 is 0 Å². The third-order valence-corrected chi connectivity index (χ3v) is 2.00. The van der Waals surface area contributed by atoms with E-state index in [0.717, 1.165) is 11.3 Å². The molecule has 1 N–H and O–H groups in total. The van der Waals surface area contributed by atoms with Crippen LogP contribution in [0.15, 0.2) is 30.4 Å². The van der Waals surface area contributed by atoms with Gasteiger partial charge in [-0.3, -0.25) is 4.79 Å². The van der Waals surface area contributed by atoms with Crippen LogP contribution in [0.4, 0.5) is 5.69 Å². The van der Waals surface area contributed by atoms with Crippen molar-refractivity contribution in [1.29, 1.82) is 0 Å². The van der Waals surface area contributed by atoms with E-state index in [1.807, 2.05) is 13.0 Å². The number of hydrogen-bond donors (Lipinski definition) is 1. The van der Waals surface area contributed by atoms with Crippen LogP contribution in [0.2, 0.25) is 5.02 Å². The average Bonchev–Trinajstić information content (AvgIpc) is 2.10. The number of aryl methyl sites for hydroxylation is 1. The Morgan fingerprint density at radius 3 is 2.79 bits per heavy atom. The van der Waals surface area contributed by atoms with Gasteiger partial charge in [-0.1, -0.05) is 17.7 Å². The Balaban J connectivity index is 2.82. The van der Waals surface area contributed by atoms with Gasteiger partial charge in [0, 0.05) is 10.7 Å². The Hall–Kier alpha value is -1.28. The summed E-state index contributed by atoms with van der Waals surface area (Å²) in [5.41, 5.74) is 1.74. The second kappa shape index (κ2) is 4.82. The second-order valence-electron chi connectivity index (χ2n) is 2.95. The second-order valence-corrected chi connectivity index (χ2v) is 3.38. The lowest BCUT2D eigenvalue weighted by molar-refractivity contribution is -0.111. The number of rotatable bonds is 2. The Kier molecular flexibility index (Phi) is 3.72. The zero-order valence-corrected chi connectivity index (χ0v) is 8.93. The topological polar surface area (TPSA) is 29.1 Å². The maximum Gasteiger partial charge on any atom is 0.248 e. The first kappa shape index (κ1) is 10.8. The predicted octanol–water partition coefficient (Wildman–Crippen LogP) is 3.16. The smallest absolute Gasteiger partial charge is 0.248 e. The molecule has 0 aliphatic carbocycles. The monoisotopic (exact) mass is 209 g/mol. The van der Waals surface area contributed by atoms with Crippen LogP contribution in [0.5, 0.6) is 0 Å². The molecule has 1 amide bonds. The van der Waals surface area contributed by atoms with Crippen LogP contribution in [0.25, 0.3) is 0 Å². The van der Waals surface area contributed by atoms with E-state index in [-0.39, 0.29) is 5.91 Å². The van der Waals surface area contributed by atoms with E-state index in [1.165, 1.54) is 6.08 Å². The summed E-state index contributed by atoms with van der Waals surface area (Å²) < 4.78 is 0. The molecule has 0 unspecified atom stereocenters. The van der Waals surface area contributed by atoms with Crippen molar-refractivity contribution in [2.45, 2.75) is 13.8 Å². The Bertz CT molecular complexity index is 372. The molecule has 0 aliphatic heterocycles. The molecular formula is C11H12ClNO. The number of anilines is 1. The fraction of sp³-hybridized carbons (Fsp3) is 0.182. The number of allylic oxidation sites excluding steroid dienone is 1. The van der Waals surface area contributed by atoms with Crippen LogP contribution in [0.1, 0.15) is 12.5 Å². The van der Waals surface area contributed by atoms with Gasteiger partial charge in [-0.25, -0.2) is 0 Å². The van der Waals surface area contributed by atoms with E-state index in [2.05, 4.69) is 5.32 Å². The van der Waals surface area contributed by atoms with Crippen molar-refractivity contribution < 1.29 is 4.79 Å². The molecule has 0 radical (unpaired) electrons. The summed E-state index contributed by atoms with van der Waals surface area (Å²) in [4.78, 5) is 11.2. The Morgan fingerprint density at radius 1 is 1.50 bits per heavy atom. The van der Waals surface area contributed by atoms with Gasteiger partial charge < -0.3 is 5.32 Å². The summed E-state index contributed by atoms with van der Waals surface area (Å²) >= 11 is 5.79. The number of benzene rings is 1. The highest BCUT2D eigenvalue weighted by molar-refractivity contribution is 6.30. The van der Waals surface area contributed by atoms with Gasteiger partial charge in [0.2, 0.25) is 5.91 Å². The molecule has 14 heavy (non-hydrogen) atoms. The molecule has 1 rings (SSSR count). The Labute approximate surface area is 88.6 Å². The standard InChI is InChI=1S/C11H12ClNO/c1-3-4-11(14)13-10-6-5-9(12)7-8(10)2/h3-7H,1-2H3,(H,13,14). The van der Waals surface area contributed by atoms with Crippen molar-refractivity contribution in [1.82, 2.24) is 0 Å². The lowest BCUT2D eigenvalue weighted by Gasteiger charge is -2.06. The van der Waals surface area contributed by atoms with Crippen LogP contribution in [-0.4, -0.2) is 5.91 Å². The van der Waals surface area contributed by atoms with E-state index in [9.17, 15) is 4.79 Å². The number of hydrogen-bond acceptors (Lipinski definition) is 1. The number of halogens is 1. The first-order valence-corrected chi connectivity index (χ1v) is 4.71. The maximum absolute atomic E-state index is 11.2. The zero-order chi connectivity index (χ0) is 10.6. The minimum Gasteiger partial charge on any atom is -0.322 e. The highest BCUT2D eigenvalue weighted by Gasteiger charge is 2.01. The Morgan fingerprint density at radius 2 is 2.21 bits per heavy atom. The van der Waals surface area contributed by atoms with Gasteiger partial charge >= 0.3 is 0 Å². The summed E-state index contributed by atoms with van der Waals surface area (Å²) in [5.74, 6) is -0.127. The number of nitrogens with one attached hydrogen (secondary N) is 1. The van der Waals surface area contributed by atoms with E-state index in [0.29, 0.717) is 5.02 Å². The average molecular weight is 210 g/mol. The molecule has 1 aromatic rings. The van der Waals surface area contributed by atoms with Gasteiger partial charge in [0.1, 0.15) is 0 Å². The lowest BCUT2D eigenvalue weighted by Crippen LogP contribution is -2.08. The molecular weight excluding hydrogens is 198 g/mol. The lowest BCUT2D eigenvalue weighted by atomic mass is 10.2. The van der Waals surface area contributed by atoms with Gasteiger partial charge in [0.05, 0.1) is 0 Å². The van der Waals surface area contributed by atoms with E-state index in [4.69, 9.17) is 11.6 Å². The fourth-order valence-electron chi connectivity index (χ4n) is 1.09. The first-order valence-electron chi connectivity index (χ1n) is 4.33. The zero-order valence-electron chi connectivity index (χ0n) is 8.17. The molecule has 0 saturated heterocycles. The molecule has 0 heterocycles. The van der Waals surface area contributed by atoms with Crippen LogP contribution in [0, 0.1) is 6.92 Å². The molecule has 0 spiro atoms. The normalized spacial score (nSPS) is 10.5. The molecule has 0 aromatic heterocycles. The van der Waals surface area contributed by atoms with Crippen LogP contribution >= 0.6 is 11.6 Å². The molecule has 0 atom stereocenters. The van der Waals surface area contributed by atoms with E-state index in [1.54, 1.807) is 25.1 Å². The minimum atomic E-state index is -0.127. The largest absolute Gasteiger partial charge is 0.322 e. The van der Waals surface area contributed by atoms with Gasteiger partial charge in [-0.15, -0.1) is 0 Å². The van der Waals surface area contributed by atoms with Gasteiger partial charge in [-0.05, 0) is 43.7 Å². The molecule has 3 heteroatoms. The molecule has 1 aromatic carbocycles. The maximum atomic E-state index is 11.2. The molecule has 0 fully saturated rings. The number of carbonyl (C=O) groups excluding carboxylic acids is 1. The highest BCUT2D eigenvalue weighted by Crippen LogP contribution is 2.19. The SMILES string of the molecule is CC=CC(=O)Nc1ccc(Cl)cc1C. The summed E-state index contributed by atoms with van der Waals surface area (Å²) in [6.45, 7) is 3.70. The summed E-state index contributed by atoms with van der Waals surface area (Å²) in [7, 11) is 0. The third kappa shape index (κ3) is 2.89. The number of carbonyl (C=O) groups is 1. The summed E-state index contributed by atoms with van der Waals surface area (Å²) in [5, 5.41) is 3.43. The van der Waals surface area contributed by atoms with Gasteiger partial charge in [0.15, 0.2) is 0 Å².